The van der Waals surface area contributed by atoms with E-state index >= 15 is 0 Å². The van der Waals surface area contributed by atoms with Gasteiger partial charge in [0.05, 0.1) is 6.04 Å². The molecule has 0 saturated heterocycles. The number of aromatic nitrogens is 1. The lowest BCUT2D eigenvalue weighted by Gasteiger charge is -2.36. The van der Waals surface area contributed by atoms with E-state index in [1.54, 1.807) is 31.2 Å². The normalized spacial score (nSPS) is 13.0. The minimum atomic E-state index is -1.42. The highest BCUT2D eigenvalue weighted by Gasteiger charge is 2.37. The molecule has 4 aromatic rings. The summed E-state index contributed by atoms with van der Waals surface area (Å²) < 4.78 is 11.0. The molecule has 0 saturated carbocycles. The molecular weight excluding hydrogens is 572 g/mol. The van der Waals surface area contributed by atoms with Crippen molar-refractivity contribution >= 4 is 17.9 Å². The first-order chi connectivity index (χ1) is 21.8. The third-order valence-corrected chi connectivity index (χ3v) is 7.21. The average Bonchev–Trinajstić information content (AvgIpc) is 3.56. The van der Waals surface area contributed by atoms with Gasteiger partial charge in [-0.15, -0.1) is 0 Å². The molecule has 0 fully saturated rings. The summed E-state index contributed by atoms with van der Waals surface area (Å²) in [5.74, 6) is -0.912. The number of aliphatic hydroxyl groups is 1. The van der Waals surface area contributed by atoms with E-state index < -0.39 is 36.1 Å². The van der Waals surface area contributed by atoms with E-state index in [0.717, 1.165) is 11.1 Å². The highest BCUT2D eigenvalue weighted by molar-refractivity contribution is 5.91. The highest BCUT2D eigenvalue weighted by atomic mass is 16.5. The predicted molar refractivity (Wildman–Crippen MR) is 169 cm³/mol. The summed E-state index contributed by atoms with van der Waals surface area (Å²) >= 11 is 0. The van der Waals surface area contributed by atoms with Crippen molar-refractivity contribution in [2.75, 3.05) is 6.54 Å². The molecule has 1 aromatic heterocycles. The number of rotatable bonds is 14. The van der Waals surface area contributed by atoms with Gasteiger partial charge in [-0.3, -0.25) is 9.59 Å². The smallest absolute Gasteiger partial charge is 0.408 e. The second-order valence-corrected chi connectivity index (χ2v) is 11.1. The van der Waals surface area contributed by atoms with Crippen LogP contribution in [0, 0.1) is 5.92 Å². The van der Waals surface area contributed by atoms with Gasteiger partial charge in [-0.2, -0.15) is 0 Å². The monoisotopic (exact) mass is 612 g/mol. The second kappa shape index (κ2) is 16.2. The number of hydrogen-bond donors (Lipinski definition) is 3. The summed E-state index contributed by atoms with van der Waals surface area (Å²) in [6.07, 6.45) is -0.607. The maximum atomic E-state index is 14.1. The Hall–Kier alpha value is -4.96. The number of carbonyl (C=O) groups excluding carboxylic acids is 3. The van der Waals surface area contributed by atoms with Gasteiger partial charge in [0.15, 0.2) is 11.8 Å². The molecule has 1 heterocycles. The van der Waals surface area contributed by atoms with Gasteiger partial charge in [-0.25, -0.2) is 9.78 Å². The summed E-state index contributed by atoms with van der Waals surface area (Å²) in [6.45, 7) is 6.26. The number of ether oxygens (including phenoxy) is 1. The van der Waals surface area contributed by atoms with Gasteiger partial charge in [0.2, 0.25) is 11.8 Å². The summed E-state index contributed by atoms with van der Waals surface area (Å²) in [5.41, 5.74) is 2.37. The maximum Gasteiger partial charge on any atom is 0.408 e. The number of amides is 3. The zero-order valence-electron chi connectivity index (χ0n) is 25.8. The van der Waals surface area contributed by atoms with E-state index in [1.807, 2.05) is 80.6 Å². The van der Waals surface area contributed by atoms with Gasteiger partial charge < -0.3 is 29.8 Å². The van der Waals surface area contributed by atoms with E-state index in [4.69, 9.17) is 9.15 Å². The molecule has 236 valence electrons. The van der Waals surface area contributed by atoms with Gasteiger partial charge in [0.1, 0.15) is 18.9 Å². The number of alkyl carbamates (subject to hydrolysis) is 1. The topological polar surface area (TPSA) is 134 Å². The van der Waals surface area contributed by atoms with Crippen LogP contribution in [-0.4, -0.2) is 45.5 Å². The summed E-state index contributed by atoms with van der Waals surface area (Å²) in [6, 6.07) is 25.9. The molecule has 10 heteroatoms. The number of aliphatic hydroxyl groups excluding tert-OH is 1. The minimum absolute atomic E-state index is 0.00156. The largest absolute Gasteiger partial charge is 0.445 e. The van der Waals surface area contributed by atoms with Crippen molar-refractivity contribution in [3.05, 3.63) is 126 Å². The number of benzene rings is 3. The number of carbonyl (C=O) groups is 3. The highest BCUT2D eigenvalue weighted by Crippen LogP contribution is 2.34. The van der Waals surface area contributed by atoms with Crippen molar-refractivity contribution in [2.24, 2.45) is 5.92 Å². The quantitative estimate of drug-likeness (QED) is 0.170. The summed E-state index contributed by atoms with van der Waals surface area (Å²) in [4.78, 5) is 45.5. The number of nitrogens with zero attached hydrogens (tertiary/aromatic N) is 2. The molecule has 0 radical (unpaired) electrons. The van der Waals surface area contributed by atoms with Crippen LogP contribution < -0.4 is 10.6 Å². The first kappa shape index (κ1) is 32.9. The van der Waals surface area contributed by atoms with Gasteiger partial charge in [-0.1, -0.05) is 105 Å². The van der Waals surface area contributed by atoms with Crippen LogP contribution in [0.25, 0.3) is 0 Å². The predicted octanol–water partition coefficient (Wildman–Crippen LogP) is 5.57. The molecule has 3 amide bonds. The Bertz CT molecular complexity index is 1510. The maximum absolute atomic E-state index is 14.1. The van der Waals surface area contributed by atoms with Crippen LogP contribution in [0.5, 0.6) is 0 Å². The van der Waals surface area contributed by atoms with E-state index in [0.29, 0.717) is 18.5 Å². The minimum Gasteiger partial charge on any atom is -0.445 e. The Kier molecular flexibility index (Phi) is 11.9. The second-order valence-electron chi connectivity index (χ2n) is 11.1. The van der Waals surface area contributed by atoms with Crippen molar-refractivity contribution < 1.29 is 28.6 Å². The fraction of sp³-hybridized carbons (Fsp3) is 0.314. The number of hydrogen-bond acceptors (Lipinski definition) is 7. The molecule has 3 aromatic carbocycles. The third-order valence-electron chi connectivity index (χ3n) is 7.21. The van der Waals surface area contributed by atoms with Crippen molar-refractivity contribution in [1.82, 2.24) is 20.5 Å². The Labute approximate surface area is 263 Å². The fourth-order valence-corrected chi connectivity index (χ4v) is 5.00. The standard InChI is InChI=1S/C35H40N4O6/c1-4-39(34(42)28(20-24(2)3)38-35(43)45-22-26-16-10-6-11-17-26)30(27-18-12-7-13-19-27)31(40)33-37-29(23-44-33)32(41)36-21-25-14-8-5-9-15-25/h5-19,23-24,28,30-31,40H,4,20-22H2,1-3H3,(H,36,41)(H,38,43). The van der Waals surface area contributed by atoms with Crippen molar-refractivity contribution in [1.29, 1.82) is 0 Å². The van der Waals surface area contributed by atoms with Crippen LogP contribution in [0.2, 0.25) is 0 Å². The van der Waals surface area contributed by atoms with Crippen LogP contribution >= 0.6 is 0 Å². The molecule has 3 unspecified atom stereocenters. The van der Waals surface area contributed by atoms with E-state index in [-0.39, 0.29) is 30.7 Å². The van der Waals surface area contributed by atoms with Crippen LogP contribution in [0.3, 0.4) is 0 Å². The molecule has 4 rings (SSSR count). The summed E-state index contributed by atoms with van der Waals surface area (Å²) in [5, 5.41) is 17.2. The lowest BCUT2D eigenvalue weighted by molar-refractivity contribution is -0.139. The first-order valence-corrected chi connectivity index (χ1v) is 15.0. The molecule has 0 aliphatic carbocycles. The Morgan fingerprint density at radius 2 is 1.51 bits per heavy atom. The molecule has 45 heavy (non-hydrogen) atoms. The SMILES string of the molecule is CCN(C(=O)C(CC(C)C)NC(=O)OCc1ccccc1)C(c1ccccc1)C(O)c1nc(C(=O)NCc2ccccc2)co1. The third kappa shape index (κ3) is 9.26. The van der Waals surface area contributed by atoms with E-state index in [1.165, 1.54) is 11.2 Å². The van der Waals surface area contributed by atoms with Crippen molar-refractivity contribution in [3.8, 4) is 0 Å². The average molecular weight is 613 g/mol. The zero-order valence-corrected chi connectivity index (χ0v) is 25.8. The van der Waals surface area contributed by atoms with E-state index in [9.17, 15) is 19.5 Å². The molecule has 0 aliphatic heterocycles. The number of oxazole rings is 1. The molecule has 0 bridgehead atoms. The molecule has 0 aliphatic rings. The van der Waals surface area contributed by atoms with E-state index in [2.05, 4.69) is 15.6 Å². The number of likely N-dealkylation sites (N-methyl/N-ethyl adjacent to an activating group) is 1. The Morgan fingerprint density at radius 1 is 0.911 bits per heavy atom. The van der Waals surface area contributed by atoms with Gasteiger partial charge in [-0.05, 0) is 36.0 Å². The zero-order chi connectivity index (χ0) is 32.2. The summed E-state index contributed by atoms with van der Waals surface area (Å²) in [7, 11) is 0. The molecule has 3 N–H and O–H groups in total. The van der Waals surface area contributed by atoms with Crippen LogP contribution in [-0.2, 0) is 22.7 Å². The van der Waals surface area contributed by atoms with Crippen LogP contribution in [0.15, 0.2) is 102 Å². The van der Waals surface area contributed by atoms with Gasteiger partial charge in [0, 0.05) is 13.1 Å². The van der Waals surface area contributed by atoms with Crippen molar-refractivity contribution in [3.63, 3.8) is 0 Å². The van der Waals surface area contributed by atoms with Crippen LogP contribution in [0.1, 0.15) is 72.4 Å². The molecule has 3 atom stereocenters. The lowest BCUT2D eigenvalue weighted by Crippen LogP contribution is -2.51. The van der Waals surface area contributed by atoms with Gasteiger partial charge in [0.25, 0.3) is 5.91 Å². The van der Waals surface area contributed by atoms with Crippen LogP contribution in [0.4, 0.5) is 4.79 Å². The van der Waals surface area contributed by atoms with Crippen molar-refractivity contribution in [2.45, 2.75) is 58.5 Å². The Balaban J connectivity index is 1.54. The molecule has 10 nitrogen and oxygen atoms in total. The Morgan fingerprint density at radius 3 is 2.11 bits per heavy atom. The molecular formula is C35H40N4O6. The van der Waals surface area contributed by atoms with Gasteiger partial charge >= 0.3 is 6.09 Å². The number of nitrogens with one attached hydrogen (secondary N) is 2. The fourth-order valence-electron chi connectivity index (χ4n) is 5.00. The molecule has 0 spiro atoms. The first-order valence-electron chi connectivity index (χ1n) is 15.0. The lowest BCUT2D eigenvalue weighted by atomic mass is 9.96.